The molecule has 3 aromatic rings. The fraction of sp³-hybridized carbons (Fsp3) is 0.368. The highest BCUT2D eigenvalue weighted by Crippen LogP contribution is 2.27. The van der Waals surface area contributed by atoms with Crippen LogP contribution < -0.4 is 0 Å². The Bertz CT molecular complexity index is 756. The van der Waals surface area contributed by atoms with Crippen molar-refractivity contribution in [3.8, 4) is 0 Å². The minimum absolute atomic E-state index is 0.483. The molecule has 1 aliphatic rings. The summed E-state index contributed by atoms with van der Waals surface area (Å²) in [6, 6.07) is 12.9. The van der Waals surface area contributed by atoms with Gasteiger partial charge >= 0.3 is 0 Å². The van der Waals surface area contributed by atoms with Crippen molar-refractivity contribution in [3.63, 3.8) is 0 Å². The van der Waals surface area contributed by atoms with Gasteiger partial charge in [-0.15, -0.1) is 11.3 Å². The second-order valence-corrected chi connectivity index (χ2v) is 7.50. The van der Waals surface area contributed by atoms with Crippen LogP contribution in [0.15, 0.2) is 48.9 Å². The summed E-state index contributed by atoms with van der Waals surface area (Å²) in [5.74, 6) is 0.483. The number of hydrogen-bond donors (Lipinski definition) is 0. The lowest BCUT2D eigenvalue weighted by Gasteiger charge is -2.22. The predicted octanol–water partition coefficient (Wildman–Crippen LogP) is 3.38. The first-order valence-electron chi connectivity index (χ1n) is 8.39. The molecule has 3 heterocycles. The molecule has 0 bridgehead atoms. The molecule has 0 amide bonds. The smallest absolute Gasteiger partial charge is 0.115 e. The van der Waals surface area contributed by atoms with Crippen molar-refractivity contribution in [1.29, 1.82) is 0 Å². The largest absolute Gasteiger partial charge is 0.380 e. The molecule has 5 heteroatoms. The fourth-order valence-corrected chi connectivity index (χ4v) is 4.40. The highest BCUT2D eigenvalue weighted by molar-refractivity contribution is 7.19. The summed E-state index contributed by atoms with van der Waals surface area (Å²) < 4.78 is 7.20. The molecular formula is C19H21N3OS. The van der Waals surface area contributed by atoms with Crippen LogP contribution in [0.2, 0.25) is 0 Å². The van der Waals surface area contributed by atoms with Crippen LogP contribution in [0, 0.1) is 5.92 Å². The van der Waals surface area contributed by atoms with Crippen LogP contribution in [0.5, 0.6) is 0 Å². The standard InChI is InChI=1S/C19H21N3OS/c1-2-4-19-16(3-1)10-18(24-19)12-22-7-8-23-13-15(11-22)9-17-5-6-20-14-21-17/h1-6,10,14-15H,7-9,11-13H2/t15-/m1/s1. The van der Waals surface area contributed by atoms with E-state index in [-0.39, 0.29) is 0 Å². The zero-order chi connectivity index (χ0) is 16.2. The molecule has 0 radical (unpaired) electrons. The number of hydrogen-bond acceptors (Lipinski definition) is 5. The summed E-state index contributed by atoms with van der Waals surface area (Å²) in [5, 5.41) is 1.35. The molecule has 0 spiro atoms. The van der Waals surface area contributed by atoms with E-state index in [1.165, 1.54) is 15.0 Å². The van der Waals surface area contributed by atoms with Gasteiger partial charge in [-0.2, -0.15) is 0 Å². The number of thiophene rings is 1. The van der Waals surface area contributed by atoms with Gasteiger partial charge in [0.1, 0.15) is 6.33 Å². The zero-order valence-electron chi connectivity index (χ0n) is 13.6. The summed E-state index contributed by atoms with van der Waals surface area (Å²) >= 11 is 1.90. The van der Waals surface area contributed by atoms with E-state index in [0.29, 0.717) is 5.92 Å². The summed E-state index contributed by atoms with van der Waals surface area (Å²) in [7, 11) is 0. The molecule has 1 atom stereocenters. The second kappa shape index (κ2) is 7.38. The first-order valence-corrected chi connectivity index (χ1v) is 9.21. The number of fused-ring (bicyclic) bond motifs is 1. The molecule has 124 valence electrons. The molecule has 1 aliphatic heterocycles. The van der Waals surface area contributed by atoms with Gasteiger partial charge in [0.25, 0.3) is 0 Å². The Morgan fingerprint density at radius 2 is 2.21 bits per heavy atom. The Balaban J connectivity index is 1.44. The van der Waals surface area contributed by atoms with Gasteiger partial charge in [0.05, 0.1) is 13.2 Å². The third-order valence-electron chi connectivity index (χ3n) is 4.42. The molecule has 1 fully saturated rings. The van der Waals surface area contributed by atoms with Crippen LogP contribution in [0.4, 0.5) is 0 Å². The quantitative estimate of drug-likeness (QED) is 0.730. The highest BCUT2D eigenvalue weighted by atomic mass is 32.1. The SMILES string of the molecule is c1ccc2sc(CN3CCOC[C@H](Cc4ccncn4)C3)cc2c1. The molecular weight excluding hydrogens is 318 g/mol. The maximum absolute atomic E-state index is 5.82. The van der Waals surface area contributed by atoms with Crippen LogP contribution >= 0.6 is 11.3 Å². The first-order chi connectivity index (χ1) is 11.9. The van der Waals surface area contributed by atoms with Crippen LogP contribution in [0.1, 0.15) is 10.6 Å². The van der Waals surface area contributed by atoms with Crippen molar-refractivity contribution in [3.05, 3.63) is 59.5 Å². The molecule has 1 aromatic carbocycles. The minimum atomic E-state index is 0.483. The molecule has 0 aliphatic carbocycles. The monoisotopic (exact) mass is 339 g/mol. The van der Waals surface area contributed by atoms with Crippen LogP contribution in [-0.4, -0.2) is 41.2 Å². The van der Waals surface area contributed by atoms with E-state index in [4.69, 9.17) is 4.74 Å². The lowest BCUT2D eigenvalue weighted by molar-refractivity contribution is 0.121. The molecule has 4 nitrogen and oxygen atoms in total. The number of aromatic nitrogens is 2. The van der Waals surface area contributed by atoms with Gasteiger partial charge in [-0.05, 0) is 30.0 Å². The third-order valence-corrected chi connectivity index (χ3v) is 5.52. The Morgan fingerprint density at radius 3 is 3.08 bits per heavy atom. The lowest BCUT2D eigenvalue weighted by Crippen LogP contribution is -2.30. The minimum Gasteiger partial charge on any atom is -0.380 e. The van der Waals surface area contributed by atoms with E-state index in [1.54, 1.807) is 6.33 Å². The van der Waals surface area contributed by atoms with E-state index in [2.05, 4.69) is 45.2 Å². The first kappa shape index (κ1) is 15.7. The van der Waals surface area contributed by atoms with Crippen molar-refractivity contribution in [2.45, 2.75) is 13.0 Å². The van der Waals surface area contributed by atoms with Gasteiger partial charge in [-0.25, -0.2) is 9.97 Å². The van der Waals surface area contributed by atoms with Crippen molar-refractivity contribution in [1.82, 2.24) is 14.9 Å². The molecule has 2 aromatic heterocycles. The van der Waals surface area contributed by atoms with E-state index < -0.39 is 0 Å². The molecule has 1 saturated heterocycles. The van der Waals surface area contributed by atoms with Gasteiger partial charge in [0, 0.05) is 47.0 Å². The summed E-state index contributed by atoms with van der Waals surface area (Å²) in [4.78, 5) is 12.3. The van der Waals surface area contributed by atoms with Gasteiger partial charge in [-0.3, -0.25) is 4.90 Å². The van der Waals surface area contributed by atoms with Crippen molar-refractivity contribution >= 4 is 21.4 Å². The number of rotatable bonds is 4. The van der Waals surface area contributed by atoms with Gasteiger partial charge in [0.15, 0.2) is 0 Å². The maximum atomic E-state index is 5.82. The average molecular weight is 339 g/mol. The van der Waals surface area contributed by atoms with Crippen molar-refractivity contribution in [2.24, 2.45) is 5.92 Å². The Kier molecular flexibility index (Phi) is 4.83. The summed E-state index contributed by atoms with van der Waals surface area (Å²) in [6.07, 6.45) is 4.39. The second-order valence-electron chi connectivity index (χ2n) is 6.33. The topological polar surface area (TPSA) is 38.2 Å². The van der Waals surface area contributed by atoms with E-state index in [1.807, 2.05) is 23.6 Å². The highest BCUT2D eigenvalue weighted by Gasteiger charge is 2.20. The van der Waals surface area contributed by atoms with Crippen molar-refractivity contribution in [2.75, 3.05) is 26.3 Å². The number of nitrogens with zero attached hydrogens (tertiary/aromatic N) is 3. The Morgan fingerprint density at radius 1 is 1.25 bits per heavy atom. The molecule has 24 heavy (non-hydrogen) atoms. The molecule has 0 unspecified atom stereocenters. The van der Waals surface area contributed by atoms with E-state index >= 15 is 0 Å². The van der Waals surface area contributed by atoms with Gasteiger partial charge < -0.3 is 4.74 Å². The average Bonchev–Trinajstić information content (AvgIpc) is 2.88. The van der Waals surface area contributed by atoms with Gasteiger partial charge in [0.2, 0.25) is 0 Å². The Labute approximate surface area is 146 Å². The fourth-order valence-electron chi connectivity index (χ4n) is 3.29. The summed E-state index contributed by atoms with van der Waals surface area (Å²) in [6.45, 7) is 4.67. The van der Waals surface area contributed by atoms with Crippen molar-refractivity contribution < 1.29 is 4.74 Å². The van der Waals surface area contributed by atoms with E-state index in [0.717, 1.165) is 45.0 Å². The molecule has 4 rings (SSSR count). The van der Waals surface area contributed by atoms with Crippen LogP contribution in [0.3, 0.4) is 0 Å². The Hall–Kier alpha value is -1.82. The molecule has 0 saturated carbocycles. The lowest BCUT2D eigenvalue weighted by atomic mass is 10.0. The van der Waals surface area contributed by atoms with Crippen LogP contribution in [-0.2, 0) is 17.7 Å². The number of benzene rings is 1. The predicted molar refractivity (Wildman–Crippen MR) is 97.1 cm³/mol. The maximum Gasteiger partial charge on any atom is 0.115 e. The van der Waals surface area contributed by atoms with Crippen LogP contribution in [0.25, 0.3) is 10.1 Å². The third kappa shape index (κ3) is 3.80. The number of ether oxygens (including phenoxy) is 1. The summed E-state index contributed by atoms with van der Waals surface area (Å²) in [5.41, 5.74) is 1.10. The normalized spacial score (nSPS) is 19.4. The molecule has 0 N–H and O–H groups in total. The van der Waals surface area contributed by atoms with Gasteiger partial charge in [-0.1, -0.05) is 18.2 Å². The van der Waals surface area contributed by atoms with E-state index in [9.17, 15) is 0 Å². The zero-order valence-corrected chi connectivity index (χ0v) is 14.4.